The highest BCUT2D eigenvalue weighted by atomic mass is 16.5. The second kappa shape index (κ2) is 12.1. The molecule has 0 spiro atoms. The summed E-state index contributed by atoms with van der Waals surface area (Å²) in [5, 5.41) is 9.56. The number of nitrogens with one attached hydrogen (secondary N) is 2. The Hall–Kier alpha value is -3.69. The quantitative estimate of drug-likeness (QED) is 0.431. The topological polar surface area (TPSA) is 106 Å². The van der Waals surface area contributed by atoms with Crippen LogP contribution in [0.5, 0.6) is 5.75 Å². The van der Waals surface area contributed by atoms with Gasteiger partial charge in [-0.05, 0) is 56.3 Å². The molecule has 1 aliphatic rings. The maximum Gasteiger partial charge on any atom is 0.273 e. The van der Waals surface area contributed by atoms with Crippen LogP contribution in [0.1, 0.15) is 38.6 Å². The van der Waals surface area contributed by atoms with Crippen molar-refractivity contribution >= 4 is 17.5 Å². The Morgan fingerprint density at radius 2 is 1.77 bits per heavy atom. The first-order valence-corrected chi connectivity index (χ1v) is 11.7. The Morgan fingerprint density at radius 1 is 1.03 bits per heavy atom. The first-order valence-electron chi connectivity index (χ1n) is 11.7. The van der Waals surface area contributed by atoms with Crippen LogP contribution >= 0.6 is 0 Å². The molecule has 184 valence electrons. The Morgan fingerprint density at radius 3 is 2.51 bits per heavy atom. The molecular weight excluding hydrogens is 448 g/mol. The van der Waals surface area contributed by atoms with Gasteiger partial charge in [-0.2, -0.15) is 0 Å². The van der Waals surface area contributed by atoms with Crippen LogP contribution in [0, 0.1) is 6.92 Å². The molecule has 0 radical (unpaired) electrons. The highest BCUT2D eigenvalue weighted by molar-refractivity contribution is 6.04. The largest absolute Gasteiger partial charge is 0.486 e. The molecule has 0 bridgehead atoms. The number of amides is 2. The van der Waals surface area contributed by atoms with Crippen molar-refractivity contribution in [2.45, 2.75) is 20.0 Å². The third-order valence-electron chi connectivity index (χ3n) is 5.64. The van der Waals surface area contributed by atoms with E-state index in [1.54, 1.807) is 42.5 Å². The fraction of sp³-hybridized carbons (Fsp3) is 0.346. The first-order chi connectivity index (χ1) is 17.1. The summed E-state index contributed by atoms with van der Waals surface area (Å²) in [5.74, 6) is 0.604. The van der Waals surface area contributed by atoms with E-state index in [0.717, 1.165) is 44.8 Å². The maximum atomic E-state index is 12.3. The number of aryl methyl sites for hydroxylation is 1. The van der Waals surface area contributed by atoms with E-state index in [9.17, 15) is 9.59 Å². The molecule has 9 heteroatoms. The van der Waals surface area contributed by atoms with Crippen LogP contribution in [0.2, 0.25) is 0 Å². The minimum Gasteiger partial charge on any atom is -0.486 e. The monoisotopic (exact) mass is 478 g/mol. The van der Waals surface area contributed by atoms with Crippen molar-refractivity contribution in [1.29, 1.82) is 0 Å². The lowest BCUT2D eigenvalue weighted by Crippen LogP contribution is -2.38. The van der Waals surface area contributed by atoms with E-state index in [4.69, 9.17) is 14.0 Å². The fourth-order valence-electron chi connectivity index (χ4n) is 3.61. The molecule has 2 aromatic carbocycles. The van der Waals surface area contributed by atoms with Crippen LogP contribution in [0.25, 0.3) is 0 Å². The van der Waals surface area contributed by atoms with Gasteiger partial charge in [0.25, 0.3) is 11.8 Å². The smallest absolute Gasteiger partial charge is 0.273 e. The zero-order chi connectivity index (χ0) is 24.5. The molecule has 0 atom stereocenters. The summed E-state index contributed by atoms with van der Waals surface area (Å²) in [6.07, 6.45) is 0.862. The molecule has 4 rings (SSSR count). The van der Waals surface area contributed by atoms with Gasteiger partial charge in [0.15, 0.2) is 11.5 Å². The zero-order valence-electron chi connectivity index (χ0n) is 19.8. The number of carbonyl (C=O) groups excluding carboxylic acids is 2. The lowest BCUT2D eigenvalue weighted by Gasteiger charge is -2.26. The minimum absolute atomic E-state index is 0.131. The third kappa shape index (κ3) is 7.40. The maximum absolute atomic E-state index is 12.3. The van der Waals surface area contributed by atoms with Crippen LogP contribution in [-0.2, 0) is 11.3 Å². The molecule has 1 fully saturated rings. The Kier molecular flexibility index (Phi) is 8.48. The molecule has 1 aliphatic heterocycles. The molecular formula is C26H30N4O5. The second-order valence-electron chi connectivity index (χ2n) is 8.38. The molecule has 2 amide bonds. The van der Waals surface area contributed by atoms with Gasteiger partial charge in [-0.3, -0.25) is 14.5 Å². The van der Waals surface area contributed by atoms with E-state index in [1.807, 2.05) is 19.1 Å². The van der Waals surface area contributed by atoms with Crippen molar-refractivity contribution in [2.24, 2.45) is 0 Å². The molecule has 2 heterocycles. The van der Waals surface area contributed by atoms with Gasteiger partial charge < -0.3 is 24.6 Å². The molecule has 3 aromatic rings. The van der Waals surface area contributed by atoms with Crippen molar-refractivity contribution < 1.29 is 23.6 Å². The number of carbonyl (C=O) groups is 2. The highest BCUT2D eigenvalue weighted by Crippen LogP contribution is 2.18. The third-order valence-corrected chi connectivity index (χ3v) is 5.64. The Bertz CT molecular complexity index is 1110. The van der Waals surface area contributed by atoms with Crippen molar-refractivity contribution in [2.75, 3.05) is 44.7 Å². The summed E-state index contributed by atoms with van der Waals surface area (Å²) in [6, 6.07) is 16.0. The van der Waals surface area contributed by atoms with E-state index in [-0.39, 0.29) is 24.1 Å². The van der Waals surface area contributed by atoms with E-state index in [1.165, 1.54) is 0 Å². The van der Waals surface area contributed by atoms with Gasteiger partial charge in [0.1, 0.15) is 12.4 Å². The first kappa shape index (κ1) is 24.4. The molecule has 1 saturated heterocycles. The summed E-state index contributed by atoms with van der Waals surface area (Å²) in [6.45, 7) is 7.01. The number of nitrogens with zero attached hydrogens (tertiary/aromatic N) is 2. The van der Waals surface area contributed by atoms with E-state index < -0.39 is 0 Å². The minimum atomic E-state index is -0.268. The van der Waals surface area contributed by atoms with Crippen LogP contribution < -0.4 is 15.4 Å². The number of hydrogen-bond acceptors (Lipinski definition) is 7. The van der Waals surface area contributed by atoms with Gasteiger partial charge in [-0.15, -0.1) is 0 Å². The SMILES string of the molecule is Cc1ccc(C(=O)Nc2ccc(OCc3cc(C(=O)NCCCN4CCOCC4)no3)cc2)cc1. The molecule has 0 unspecified atom stereocenters. The van der Waals surface area contributed by atoms with Gasteiger partial charge >= 0.3 is 0 Å². The number of rotatable bonds is 10. The number of aromatic nitrogens is 1. The second-order valence-corrected chi connectivity index (χ2v) is 8.38. The molecule has 9 nitrogen and oxygen atoms in total. The number of hydrogen-bond donors (Lipinski definition) is 2. The van der Waals surface area contributed by atoms with Crippen LogP contribution in [0.15, 0.2) is 59.1 Å². The van der Waals surface area contributed by atoms with E-state index >= 15 is 0 Å². The molecule has 2 N–H and O–H groups in total. The lowest BCUT2D eigenvalue weighted by atomic mass is 10.1. The van der Waals surface area contributed by atoms with Gasteiger partial charge in [-0.25, -0.2) is 0 Å². The zero-order valence-corrected chi connectivity index (χ0v) is 19.8. The van der Waals surface area contributed by atoms with Crippen LogP contribution in [-0.4, -0.2) is 61.3 Å². The predicted molar refractivity (Wildman–Crippen MR) is 131 cm³/mol. The van der Waals surface area contributed by atoms with Gasteiger partial charge in [0, 0.05) is 37.0 Å². The summed E-state index contributed by atoms with van der Waals surface area (Å²) in [4.78, 5) is 26.9. The van der Waals surface area contributed by atoms with Crippen LogP contribution in [0.4, 0.5) is 5.69 Å². The highest BCUT2D eigenvalue weighted by Gasteiger charge is 2.14. The number of anilines is 1. The average molecular weight is 479 g/mol. The predicted octanol–water partition coefficient (Wildman–Crippen LogP) is 3.27. The molecule has 1 aromatic heterocycles. The summed E-state index contributed by atoms with van der Waals surface area (Å²) in [5.41, 5.74) is 2.58. The van der Waals surface area contributed by atoms with Crippen LogP contribution in [0.3, 0.4) is 0 Å². The fourth-order valence-corrected chi connectivity index (χ4v) is 3.61. The van der Waals surface area contributed by atoms with Crippen molar-refractivity contribution in [1.82, 2.24) is 15.4 Å². The van der Waals surface area contributed by atoms with E-state index in [2.05, 4.69) is 20.7 Å². The standard InChI is InChI=1S/C26H30N4O5/c1-19-3-5-20(6-4-19)25(31)28-21-7-9-22(10-8-21)34-18-23-17-24(29-35-23)26(32)27-11-2-12-30-13-15-33-16-14-30/h3-10,17H,2,11-16,18H2,1H3,(H,27,32)(H,28,31). The van der Waals surface area contributed by atoms with Gasteiger partial charge in [-0.1, -0.05) is 22.9 Å². The Labute approximate surface area is 204 Å². The van der Waals surface area contributed by atoms with Crippen molar-refractivity contribution in [3.63, 3.8) is 0 Å². The van der Waals surface area contributed by atoms with Crippen molar-refractivity contribution in [3.05, 3.63) is 77.2 Å². The van der Waals surface area contributed by atoms with Gasteiger partial charge in [0.2, 0.25) is 0 Å². The Balaban J connectivity index is 1.18. The number of benzene rings is 2. The molecule has 0 saturated carbocycles. The van der Waals surface area contributed by atoms with Gasteiger partial charge in [0.05, 0.1) is 13.2 Å². The summed E-state index contributed by atoms with van der Waals surface area (Å²) in [7, 11) is 0. The lowest BCUT2D eigenvalue weighted by molar-refractivity contribution is 0.0374. The number of morpholine rings is 1. The van der Waals surface area contributed by atoms with E-state index in [0.29, 0.717) is 29.3 Å². The van der Waals surface area contributed by atoms with Crippen molar-refractivity contribution in [3.8, 4) is 5.75 Å². The molecule has 35 heavy (non-hydrogen) atoms. The average Bonchev–Trinajstić information content (AvgIpc) is 3.36. The summed E-state index contributed by atoms with van der Waals surface area (Å²) < 4.78 is 16.3. The normalized spacial score (nSPS) is 13.9. The summed E-state index contributed by atoms with van der Waals surface area (Å²) >= 11 is 0. The molecule has 0 aliphatic carbocycles. The number of ether oxygens (including phenoxy) is 2.